The number of hydrogen-bond donors (Lipinski definition) is 1. The zero-order chi connectivity index (χ0) is 26.2. The predicted octanol–water partition coefficient (Wildman–Crippen LogP) is 2.61. The van der Waals surface area contributed by atoms with Gasteiger partial charge in [0.15, 0.2) is 0 Å². The minimum Gasteiger partial charge on any atom is -0.368 e. The lowest BCUT2D eigenvalue weighted by Crippen LogP contribution is -2.65. The maximum Gasteiger partial charge on any atom is 0.128 e. The van der Waals surface area contributed by atoms with E-state index in [2.05, 4.69) is 68.1 Å². The lowest BCUT2D eigenvalue weighted by atomic mass is 10.00. The molecule has 0 bridgehead atoms. The second-order valence-electron chi connectivity index (χ2n) is 10.7. The zero-order valence-corrected chi connectivity index (χ0v) is 21.8. The smallest absolute Gasteiger partial charge is 0.128 e. The van der Waals surface area contributed by atoms with Crippen molar-refractivity contribution >= 4 is 22.4 Å². The first-order chi connectivity index (χ1) is 18.5. The number of rotatable bonds is 4. The molecule has 0 unspecified atom stereocenters. The summed E-state index contributed by atoms with van der Waals surface area (Å²) >= 11 is 0. The summed E-state index contributed by atoms with van der Waals surface area (Å²) in [6, 6.07) is 13.0. The van der Waals surface area contributed by atoms with Gasteiger partial charge in [-0.3, -0.25) is 14.8 Å². The molecule has 5 heterocycles. The highest BCUT2D eigenvalue weighted by Gasteiger charge is 2.36. The van der Waals surface area contributed by atoms with Crippen molar-refractivity contribution in [2.75, 3.05) is 68.7 Å². The van der Waals surface area contributed by atoms with Crippen LogP contribution in [-0.2, 0) is 6.54 Å². The van der Waals surface area contributed by atoms with Gasteiger partial charge in [-0.2, -0.15) is 5.26 Å². The molecule has 2 atom stereocenters. The van der Waals surface area contributed by atoms with Gasteiger partial charge >= 0.3 is 0 Å². The van der Waals surface area contributed by atoms with E-state index in [1.807, 2.05) is 12.1 Å². The summed E-state index contributed by atoms with van der Waals surface area (Å²) < 4.78 is 7.95. The topological polar surface area (TPSA) is 74.6 Å². The molecule has 37 heavy (non-hydrogen) atoms. The Morgan fingerprint density at radius 3 is 2.76 bits per heavy atom. The Labute approximate surface area is 220 Å². The van der Waals surface area contributed by atoms with Gasteiger partial charge in [0.1, 0.15) is 11.9 Å². The first kappa shape index (κ1) is 22.9. The monoisotopic (exact) mass is 497 g/mol. The molecule has 3 aliphatic heterocycles. The Hall–Kier alpha value is -3.25. The number of aromatic nitrogens is 2. The molecule has 192 valence electrons. The van der Waals surface area contributed by atoms with Crippen LogP contribution in [0.1, 0.15) is 25.0 Å². The Balaban J connectivity index is 1.18. The number of pyridine rings is 2. The van der Waals surface area contributed by atoms with E-state index in [-0.39, 0.29) is 6.17 Å². The quantitative estimate of drug-likeness (QED) is 0.590. The average Bonchev–Trinajstić information content (AvgIpc) is 2.93. The summed E-state index contributed by atoms with van der Waals surface area (Å²) in [6.07, 6.45) is 2.28. The predicted molar refractivity (Wildman–Crippen MR) is 148 cm³/mol. The third-order valence-corrected chi connectivity index (χ3v) is 8.29. The van der Waals surface area contributed by atoms with Crippen LogP contribution in [0.3, 0.4) is 0 Å². The minimum atomic E-state index is 0.193. The van der Waals surface area contributed by atoms with Gasteiger partial charge in [0.05, 0.1) is 12.5 Å². The van der Waals surface area contributed by atoms with Crippen molar-refractivity contribution in [3.63, 3.8) is 0 Å². The largest absolute Gasteiger partial charge is 0.368 e. The second kappa shape index (κ2) is 10.3. The van der Waals surface area contributed by atoms with E-state index in [1.165, 1.54) is 11.1 Å². The summed E-state index contributed by atoms with van der Waals surface area (Å²) in [5.74, 6) is 1.09. The molecule has 1 N–H and O–H groups in total. The molecular formula is C29H36N8. The lowest BCUT2D eigenvalue weighted by Gasteiger charge is -2.51. The van der Waals surface area contributed by atoms with Crippen molar-refractivity contribution in [1.29, 1.82) is 5.26 Å². The maximum atomic E-state index is 9.59. The number of aryl methyl sites for hydroxylation is 1. The number of nitrogens with one attached hydrogen (secondary N) is 1. The van der Waals surface area contributed by atoms with Gasteiger partial charge in [0, 0.05) is 101 Å². The molecule has 0 amide bonds. The Bertz CT molecular complexity index is 1360. The number of nitrogens with zero attached hydrogens (tertiary/aromatic N) is 7. The SMILES string of the molecule is [2H]c1ccc2c(N3C[C@@H]4CN(Cc5cnc(N6CCNCC6)cc5C)CCN4[C@H](C)C3)ccc(C#N)c2n1. The van der Waals surface area contributed by atoms with Crippen LogP contribution in [0.2, 0.25) is 0 Å². The van der Waals surface area contributed by atoms with E-state index in [9.17, 15) is 5.26 Å². The minimum absolute atomic E-state index is 0.193. The highest BCUT2D eigenvalue weighted by molar-refractivity contribution is 5.95. The van der Waals surface area contributed by atoms with E-state index in [4.69, 9.17) is 6.35 Å². The third kappa shape index (κ3) is 4.75. The molecule has 0 radical (unpaired) electrons. The Kier molecular flexibility index (Phi) is 6.35. The summed E-state index contributed by atoms with van der Waals surface area (Å²) in [5.41, 5.74) is 4.90. The molecule has 3 aliphatic rings. The molecule has 0 spiro atoms. The van der Waals surface area contributed by atoms with Gasteiger partial charge in [-0.15, -0.1) is 0 Å². The number of piperazine rings is 3. The van der Waals surface area contributed by atoms with Crippen molar-refractivity contribution in [1.82, 2.24) is 25.1 Å². The van der Waals surface area contributed by atoms with Crippen molar-refractivity contribution in [3.8, 4) is 6.07 Å². The number of benzene rings is 1. The first-order valence-electron chi connectivity index (χ1n) is 13.9. The number of fused-ring (bicyclic) bond motifs is 2. The van der Waals surface area contributed by atoms with Crippen LogP contribution in [0.15, 0.2) is 42.7 Å². The zero-order valence-electron chi connectivity index (χ0n) is 22.8. The van der Waals surface area contributed by atoms with E-state index < -0.39 is 0 Å². The van der Waals surface area contributed by atoms with Gasteiger partial charge in [-0.05, 0) is 55.3 Å². The average molecular weight is 498 g/mol. The number of anilines is 2. The summed E-state index contributed by atoms with van der Waals surface area (Å²) in [7, 11) is 0. The van der Waals surface area contributed by atoms with Gasteiger partial charge < -0.3 is 15.1 Å². The van der Waals surface area contributed by atoms with Crippen LogP contribution < -0.4 is 15.1 Å². The van der Waals surface area contributed by atoms with Crippen LogP contribution in [0, 0.1) is 18.3 Å². The Morgan fingerprint density at radius 2 is 1.95 bits per heavy atom. The molecule has 3 saturated heterocycles. The summed E-state index contributed by atoms with van der Waals surface area (Å²) in [5, 5.41) is 14.0. The van der Waals surface area contributed by atoms with Gasteiger partial charge in [-0.1, -0.05) is 0 Å². The second-order valence-corrected chi connectivity index (χ2v) is 10.7. The van der Waals surface area contributed by atoms with E-state index in [0.29, 0.717) is 23.2 Å². The molecule has 6 rings (SSSR count). The molecular weight excluding hydrogens is 460 g/mol. The molecule has 0 aliphatic carbocycles. The van der Waals surface area contributed by atoms with E-state index >= 15 is 0 Å². The summed E-state index contributed by atoms with van der Waals surface area (Å²) in [4.78, 5) is 19.3. The van der Waals surface area contributed by atoms with Crippen molar-refractivity contribution in [2.45, 2.75) is 32.5 Å². The van der Waals surface area contributed by atoms with Crippen LogP contribution >= 0.6 is 0 Å². The fourth-order valence-corrected chi connectivity index (χ4v) is 6.28. The fourth-order valence-electron chi connectivity index (χ4n) is 6.28. The molecule has 3 fully saturated rings. The molecule has 3 aromatic rings. The number of hydrogen-bond acceptors (Lipinski definition) is 8. The standard InChI is InChI=1S/C29H36N8/c1-21-14-28(35-10-8-31-9-11-35)33-16-24(21)18-34-12-13-37-22(2)17-36(20-25(37)19-34)27-6-5-23(15-30)29-26(27)4-3-7-32-29/h3-7,14,16,22,25,31H,8-13,17-20H2,1-2H3/t22-,25+/m1/s1/i7D. The molecule has 8 heteroatoms. The molecule has 0 saturated carbocycles. The maximum absolute atomic E-state index is 9.59. The van der Waals surface area contributed by atoms with E-state index in [0.717, 1.165) is 82.3 Å². The van der Waals surface area contributed by atoms with Crippen LogP contribution in [0.5, 0.6) is 0 Å². The lowest BCUT2D eigenvalue weighted by molar-refractivity contribution is 0.0316. The first-order valence-corrected chi connectivity index (χ1v) is 13.4. The summed E-state index contributed by atoms with van der Waals surface area (Å²) in [6.45, 7) is 14.6. The molecule has 2 aromatic heterocycles. The van der Waals surface area contributed by atoms with Crippen LogP contribution in [0.25, 0.3) is 10.9 Å². The van der Waals surface area contributed by atoms with Gasteiger partial charge in [0.2, 0.25) is 0 Å². The fraction of sp³-hybridized carbons (Fsp3) is 0.483. The van der Waals surface area contributed by atoms with Crippen LogP contribution in [-0.4, -0.2) is 90.8 Å². The van der Waals surface area contributed by atoms with Crippen LogP contribution in [0.4, 0.5) is 11.5 Å². The normalized spacial score (nSPS) is 23.5. The Morgan fingerprint density at radius 1 is 1.08 bits per heavy atom. The number of nitriles is 1. The third-order valence-electron chi connectivity index (χ3n) is 8.29. The van der Waals surface area contributed by atoms with Gasteiger partial charge in [-0.25, -0.2) is 4.98 Å². The van der Waals surface area contributed by atoms with Crippen molar-refractivity contribution < 1.29 is 1.37 Å². The van der Waals surface area contributed by atoms with Crippen molar-refractivity contribution in [2.24, 2.45) is 0 Å². The van der Waals surface area contributed by atoms with Gasteiger partial charge in [0.25, 0.3) is 0 Å². The highest BCUT2D eigenvalue weighted by Crippen LogP contribution is 2.32. The molecule has 8 nitrogen and oxygen atoms in total. The highest BCUT2D eigenvalue weighted by atomic mass is 15.4. The van der Waals surface area contributed by atoms with E-state index in [1.54, 1.807) is 6.07 Å². The molecule has 1 aromatic carbocycles. The van der Waals surface area contributed by atoms with Crippen molar-refractivity contribution in [3.05, 3.63) is 59.4 Å².